The van der Waals surface area contributed by atoms with E-state index < -0.39 is 6.10 Å². The summed E-state index contributed by atoms with van der Waals surface area (Å²) in [6.45, 7) is 5.59. The van der Waals surface area contributed by atoms with Crippen molar-refractivity contribution in [3.05, 3.63) is 12.7 Å². The van der Waals surface area contributed by atoms with Crippen LogP contribution in [0.25, 0.3) is 0 Å². The Hall–Kier alpha value is -0.580. The van der Waals surface area contributed by atoms with Gasteiger partial charge in [0.05, 0.1) is 0 Å². The molecule has 5 heteroatoms. The number of hydrogen-bond donors (Lipinski definition) is 1. The Morgan fingerprint density at radius 1 is 1.62 bits per heavy atom. The van der Waals surface area contributed by atoms with Crippen molar-refractivity contribution >= 4 is 18.3 Å². The van der Waals surface area contributed by atoms with Crippen LogP contribution < -0.4 is 5.73 Å². The molecule has 0 aromatic heterocycles. The summed E-state index contributed by atoms with van der Waals surface area (Å²) in [5.74, 6) is 0.565. The third kappa shape index (κ3) is 3.77. The highest BCUT2D eigenvalue weighted by Gasteiger charge is 2.26. The highest BCUT2D eigenvalue weighted by Crippen LogP contribution is 2.18. The summed E-state index contributed by atoms with van der Waals surface area (Å²) in [6.07, 6.45) is 3.48. The van der Waals surface area contributed by atoms with Crippen LogP contribution in [0.4, 0.5) is 0 Å². The van der Waals surface area contributed by atoms with Crippen LogP contribution in [0.2, 0.25) is 0 Å². The smallest absolute Gasteiger partial charge is 0.253 e. The van der Waals surface area contributed by atoms with E-state index in [0.29, 0.717) is 5.92 Å². The van der Waals surface area contributed by atoms with Gasteiger partial charge in [0.25, 0.3) is 5.91 Å². The molecule has 1 atom stereocenters. The lowest BCUT2D eigenvalue weighted by Gasteiger charge is -2.32. The zero-order valence-electron chi connectivity index (χ0n) is 9.72. The van der Waals surface area contributed by atoms with E-state index in [1.165, 1.54) is 7.11 Å². The number of carbonyl (C=O) groups is 1. The second-order valence-electron chi connectivity index (χ2n) is 3.86. The van der Waals surface area contributed by atoms with Gasteiger partial charge in [-0.25, -0.2) is 0 Å². The fourth-order valence-electron chi connectivity index (χ4n) is 1.86. The maximum Gasteiger partial charge on any atom is 0.253 e. The zero-order chi connectivity index (χ0) is 11.3. The maximum atomic E-state index is 11.9. The number of carbonyl (C=O) groups excluding carboxylic acids is 1. The number of ether oxygens (including phenoxy) is 1. The number of hydrogen-bond acceptors (Lipinski definition) is 3. The summed E-state index contributed by atoms with van der Waals surface area (Å²) in [4.78, 5) is 13.7. The van der Waals surface area contributed by atoms with Crippen molar-refractivity contribution in [3.8, 4) is 0 Å². The molecule has 16 heavy (non-hydrogen) atoms. The average molecular weight is 249 g/mol. The molecule has 1 aliphatic heterocycles. The molecule has 0 saturated carbocycles. The SMILES string of the molecule is C=CC1CCN(C(=O)C(CN)OC)CC1.Cl. The summed E-state index contributed by atoms with van der Waals surface area (Å²) in [5.41, 5.74) is 5.46. The molecule has 0 aromatic rings. The minimum Gasteiger partial charge on any atom is -0.370 e. The highest BCUT2D eigenvalue weighted by molar-refractivity contribution is 5.85. The molecule has 1 saturated heterocycles. The second kappa shape index (κ2) is 7.65. The molecule has 0 aliphatic carbocycles. The molecule has 1 unspecified atom stereocenters. The second-order valence-corrected chi connectivity index (χ2v) is 3.86. The van der Waals surface area contributed by atoms with Gasteiger partial charge >= 0.3 is 0 Å². The first-order valence-electron chi connectivity index (χ1n) is 5.37. The molecule has 1 fully saturated rings. The molecule has 0 radical (unpaired) electrons. The highest BCUT2D eigenvalue weighted by atomic mass is 35.5. The zero-order valence-corrected chi connectivity index (χ0v) is 10.5. The van der Waals surface area contributed by atoms with Gasteiger partial charge in [0.15, 0.2) is 0 Å². The molecule has 1 aliphatic rings. The first-order valence-corrected chi connectivity index (χ1v) is 5.37. The van der Waals surface area contributed by atoms with Crippen molar-refractivity contribution in [2.45, 2.75) is 18.9 Å². The van der Waals surface area contributed by atoms with E-state index in [0.717, 1.165) is 25.9 Å². The van der Waals surface area contributed by atoms with Crippen LogP contribution in [0, 0.1) is 5.92 Å². The summed E-state index contributed by atoms with van der Waals surface area (Å²) in [6, 6.07) is 0. The third-order valence-electron chi connectivity index (χ3n) is 2.96. The van der Waals surface area contributed by atoms with E-state index >= 15 is 0 Å². The molecular formula is C11H21ClN2O2. The lowest BCUT2D eigenvalue weighted by Crippen LogP contribution is -2.46. The molecule has 94 valence electrons. The number of nitrogens with zero attached hydrogens (tertiary/aromatic N) is 1. The van der Waals surface area contributed by atoms with Crippen LogP contribution in [0.5, 0.6) is 0 Å². The number of likely N-dealkylation sites (tertiary alicyclic amines) is 1. The Morgan fingerprint density at radius 3 is 2.56 bits per heavy atom. The molecule has 0 spiro atoms. The van der Waals surface area contributed by atoms with Crippen LogP contribution in [0.1, 0.15) is 12.8 Å². The molecule has 0 bridgehead atoms. The minimum atomic E-state index is -0.481. The summed E-state index contributed by atoms with van der Waals surface area (Å²) >= 11 is 0. The van der Waals surface area contributed by atoms with Gasteiger partial charge < -0.3 is 15.4 Å². The Balaban J connectivity index is 0.00000225. The Morgan fingerprint density at radius 2 is 2.19 bits per heavy atom. The number of rotatable bonds is 4. The van der Waals surface area contributed by atoms with Gasteiger partial charge in [0.2, 0.25) is 0 Å². The van der Waals surface area contributed by atoms with Crippen LogP contribution in [-0.2, 0) is 9.53 Å². The van der Waals surface area contributed by atoms with Crippen molar-refractivity contribution in [2.75, 3.05) is 26.7 Å². The van der Waals surface area contributed by atoms with Crippen LogP contribution in [-0.4, -0.2) is 43.7 Å². The van der Waals surface area contributed by atoms with Crippen molar-refractivity contribution < 1.29 is 9.53 Å². The minimum absolute atomic E-state index is 0. The van der Waals surface area contributed by atoms with Crippen LogP contribution in [0.3, 0.4) is 0 Å². The topological polar surface area (TPSA) is 55.6 Å². The van der Waals surface area contributed by atoms with E-state index in [1.807, 2.05) is 11.0 Å². The summed E-state index contributed by atoms with van der Waals surface area (Å²) < 4.78 is 5.03. The molecule has 2 N–H and O–H groups in total. The van der Waals surface area contributed by atoms with Crippen molar-refractivity contribution in [1.82, 2.24) is 4.90 Å². The van der Waals surface area contributed by atoms with Crippen molar-refractivity contribution in [1.29, 1.82) is 0 Å². The fraction of sp³-hybridized carbons (Fsp3) is 0.727. The standard InChI is InChI=1S/C11H20N2O2.ClH/c1-3-9-4-6-13(7-5-9)11(14)10(8-12)15-2;/h3,9-10H,1,4-8,12H2,2H3;1H. The molecule has 4 nitrogen and oxygen atoms in total. The van der Waals surface area contributed by atoms with Crippen LogP contribution in [0.15, 0.2) is 12.7 Å². The lowest BCUT2D eigenvalue weighted by atomic mass is 9.97. The van der Waals surface area contributed by atoms with Gasteiger partial charge in [0, 0.05) is 26.7 Å². The number of halogens is 1. The Labute approximate surface area is 103 Å². The monoisotopic (exact) mass is 248 g/mol. The molecule has 1 amide bonds. The third-order valence-corrected chi connectivity index (χ3v) is 2.96. The average Bonchev–Trinajstić information content (AvgIpc) is 2.30. The first kappa shape index (κ1) is 15.4. The summed E-state index contributed by atoms with van der Waals surface area (Å²) in [5, 5.41) is 0. The largest absolute Gasteiger partial charge is 0.370 e. The number of piperidine rings is 1. The van der Waals surface area contributed by atoms with Gasteiger partial charge in [-0.2, -0.15) is 0 Å². The Bertz CT molecular complexity index is 224. The van der Waals surface area contributed by atoms with Gasteiger partial charge in [-0.1, -0.05) is 6.08 Å². The van der Waals surface area contributed by atoms with Gasteiger partial charge in [-0.05, 0) is 18.8 Å². The predicted molar refractivity (Wildman–Crippen MR) is 66.6 cm³/mol. The van der Waals surface area contributed by atoms with Crippen molar-refractivity contribution in [3.63, 3.8) is 0 Å². The lowest BCUT2D eigenvalue weighted by molar-refractivity contribution is -0.142. The number of methoxy groups -OCH3 is 1. The van der Waals surface area contributed by atoms with E-state index in [2.05, 4.69) is 6.58 Å². The Kier molecular flexibility index (Phi) is 7.38. The number of nitrogens with two attached hydrogens (primary N) is 1. The van der Waals surface area contributed by atoms with E-state index in [1.54, 1.807) is 0 Å². The predicted octanol–water partition coefficient (Wildman–Crippen LogP) is 0.807. The van der Waals surface area contributed by atoms with E-state index in [4.69, 9.17) is 10.5 Å². The maximum absolute atomic E-state index is 11.9. The molecule has 1 heterocycles. The molecule has 1 rings (SSSR count). The van der Waals surface area contributed by atoms with Gasteiger partial charge in [-0.3, -0.25) is 4.79 Å². The van der Waals surface area contributed by atoms with Gasteiger partial charge in [0.1, 0.15) is 6.10 Å². The fourth-order valence-corrected chi connectivity index (χ4v) is 1.86. The van der Waals surface area contributed by atoms with Crippen molar-refractivity contribution in [2.24, 2.45) is 11.7 Å². The normalized spacial score (nSPS) is 18.8. The van der Waals surface area contributed by atoms with Gasteiger partial charge in [-0.15, -0.1) is 19.0 Å². The number of allylic oxidation sites excluding steroid dienone is 1. The first-order chi connectivity index (χ1) is 7.22. The quantitative estimate of drug-likeness (QED) is 0.749. The van der Waals surface area contributed by atoms with E-state index in [-0.39, 0.29) is 24.9 Å². The number of amides is 1. The molecule has 0 aromatic carbocycles. The van der Waals surface area contributed by atoms with Crippen LogP contribution >= 0.6 is 12.4 Å². The molecular weight excluding hydrogens is 228 g/mol. The van der Waals surface area contributed by atoms with E-state index in [9.17, 15) is 4.79 Å². The summed E-state index contributed by atoms with van der Waals surface area (Å²) in [7, 11) is 1.52.